The molecule has 0 aliphatic carbocycles. The maximum Gasteiger partial charge on any atom is 0.316 e. The molecule has 0 spiro atoms. The minimum atomic E-state index is -0.444. The van der Waals surface area contributed by atoms with Crippen LogP contribution in [0.3, 0.4) is 0 Å². The lowest BCUT2D eigenvalue weighted by Gasteiger charge is -2.06. The molecule has 3 heterocycles. The number of aromatic nitrogens is 5. The summed E-state index contributed by atoms with van der Waals surface area (Å²) in [6.07, 6.45) is 0. The van der Waals surface area contributed by atoms with Gasteiger partial charge in [0.05, 0.1) is 10.6 Å². The molecule has 0 aliphatic rings. The van der Waals surface area contributed by atoms with Crippen molar-refractivity contribution in [1.29, 1.82) is 0 Å². The molecule has 0 aliphatic heterocycles. The topological polar surface area (TPSA) is 105 Å². The molecule has 0 unspecified atom stereocenters. The summed E-state index contributed by atoms with van der Waals surface area (Å²) in [7, 11) is 0. The zero-order valence-electron chi connectivity index (χ0n) is 16.9. The number of carbonyl (C=O) groups excluding carboxylic acids is 1. The van der Waals surface area contributed by atoms with Crippen molar-refractivity contribution in [3.8, 4) is 16.5 Å². The maximum atomic E-state index is 12.9. The third-order valence-electron chi connectivity index (χ3n) is 4.14. The molecule has 0 fully saturated rings. The summed E-state index contributed by atoms with van der Waals surface area (Å²) in [6, 6.07) is 9.52. The molecule has 9 nitrogen and oxygen atoms in total. The zero-order chi connectivity index (χ0) is 22.3. The van der Waals surface area contributed by atoms with E-state index < -0.39 is 5.97 Å². The standard InChI is InChI=1S/C20H18FN5O4S2/c1-2-26-19(15-4-3-9-31-15)23-24-20(26)32-12-18(27)29-11-17-22-16(25-30-17)10-28-14-7-5-13(21)6-8-14/h3-9H,2,10-12H2,1H3. The summed E-state index contributed by atoms with van der Waals surface area (Å²) in [4.78, 5) is 17.3. The lowest BCUT2D eigenvalue weighted by molar-refractivity contribution is -0.142. The molecular weight excluding hydrogens is 457 g/mol. The van der Waals surface area contributed by atoms with Crippen molar-refractivity contribution in [3.05, 3.63) is 59.3 Å². The summed E-state index contributed by atoms with van der Waals surface area (Å²) in [5.41, 5.74) is 0. The molecule has 0 saturated carbocycles. The number of hydrogen-bond donors (Lipinski definition) is 0. The third-order valence-corrected chi connectivity index (χ3v) is 5.95. The van der Waals surface area contributed by atoms with Gasteiger partial charge in [0.2, 0.25) is 5.82 Å². The van der Waals surface area contributed by atoms with Gasteiger partial charge in [-0.05, 0) is 42.6 Å². The number of esters is 1. The highest BCUT2D eigenvalue weighted by Crippen LogP contribution is 2.27. The van der Waals surface area contributed by atoms with E-state index in [-0.39, 0.29) is 36.5 Å². The maximum absolute atomic E-state index is 12.9. The lowest BCUT2D eigenvalue weighted by atomic mass is 10.3. The Morgan fingerprint density at radius 2 is 2.06 bits per heavy atom. The second kappa shape index (κ2) is 10.4. The predicted octanol–water partition coefficient (Wildman–Crippen LogP) is 3.96. The second-order valence-electron chi connectivity index (χ2n) is 6.32. The number of nitrogens with zero attached hydrogens (tertiary/aromatic N) is 5. The number of halogens is 1. The van der Waals surface area contributed by atoms with Crippen LogP contribution in [0.5, 0.6) is 5.75 Å². The third kappa shape index (κ3) is 5.51. The Hall–Kier alpha value is -3.25. The van der Waals surface area contributed by atoms with Crippen LogP contribution in [0.15, 0.2) is 51.5 Å². The van der Waals surface area contributed by atoms with Crippen LogP contribution in [0.2, 0.25) is 0 Å². The van der Waals surface area contributed by atoms with E-state index in [1.165, 1.54) is 36.0 Å². The smallest absolute Gasteiger partial charge is 0.316 e. The van der Waals surface area contributed by atoms with E-state index in [4.69, 9.17) is 14.0 Å². The van der Waals surface area contributed by atoms with Crippen LogP contribution < -0.4 is 4.74 Å². The first kappa shape index (κ1) is 22.0. The van der Waals surface area contributed by atoms with Gasteiger partial charge < -0.3 is 18.6 Å². The Kier molecular flexibility index (Phi) is 7.12. The van der Waals surface area contributed by atoms with Crippen molar-refractivity contribution in [2.45, 2.75) is 31.8 Å². The Balaban J connectivity index is 1.24. The molecule has 32 heavy (non-hydrogen) atoms. The molecule has 12 heteroatoms. The van der Waals surface area contributed by atoms with E-state index in [1.54, 1.807) is 11.3 Å². The second-order valence-corrected chi connectivity index (χ2v) is 8.21. The van der Waals surface area contributed by atoms with Gasteiger partial charge in [0.1, 0.15) is 11.6 Å². The van der Waals surface area contributed by atoms with E-state index >= 15 is 0 Å². The first-order valence-corrected chi connectivity index (χ1v) is 11.4. The Bertz CT molecular complexity index is 1160. The van der Waals surface area contributed by atoms with Crippen molar-refractivity contribution in [3.63, 3.8) is 0 Å². The molecule has 0 amide bonds. The van der Waals surface area contributed by atoms with E-state index in [0.29, 0.717) is 17.5 Å². The quantitative estimate of drug-likeness (QED) is 0.249. The summed E-state index contributed by atoms with van der Waals surface area (Å²) in [5.74, 6) is 0.961. The van der Waals surface area contributed by atoms with Gasteiger partial charge in [0, 0.05) is 6.54 Å². The lowest BCUT2D eigenvalue weighted by Crippen LogP contribution is -2.09. The van der Waals surface area contributed by atoms with Crippen molar-refractivity contribution in [2.75, 3.05) is 5.75 Å². The fourth-order valence-electron chi connectivity index (χ4n) is 2.66. The van der Waals surface area contributed by atoms with Gasteiger partial charge in [0.15, 0.2) is 24.2 Å². The SMILES string of the molecule is CCn1c(SCC(=O)OCc2nc(COc3ccc(F)cc3)no2)nnc1-c1cccs1. The highest BCUT2D eigenvalue weighted by molar-refractivity contribution is 7.99. The highest BCUT2D eigenvalue weighted by Gasteiger charge is 2.16. The molecule has 4 rings (SSSR count). The van der Waals surface area contributed by atoms with Crippen LogP contribution in [0, 0.1) is 5.82 Å². The minimum absolute atomic E-state index is 0.0399. The monoisotopic (exact) mass is 475 g/mol. The highest BCUT2D eigenvalue weighted by atomic mass is 32.2. The van der Waals surface area contributed by atoms with Gasteiger partial charge in [-0.25, -0.2) is 4.39 Å². The van der Waals surface area contributed by atoms with E-state index in [9.17, 15) is 9.18 Å². The first-order valence-electron chi connectivity index (χ1n) is 9.57. The number of hydrogen-bond acceptors (Lipinski definition) is 10. The van der Waals surface area contributed by atoms with Crippen LogP contribution in [0.1, 0.15) is 18.6 Å². The number of benzene rings is 1. The van der Waals surface area contributed by atoms with Gasteiger partial charge >= 0.3 is 5.97 Å². The first-order chi connectivity index (χ1) is 15.6. The Labute approximate surface area is 190 Å². The number of ether oxygens (including phenoxy) is 2. The average molecular weight is 476 g/mol. The Morgan fingerprint density at radius 3 is 2.81 bits per heavy atom. The van der Waals surface area contributed by atoms with E-state index in [1.807, 2.05) is 29.0 Å². The number of thioether (sulfide) groups is 1. The van der Waals surface area contributed by atoms with Gasteiger partial charge in [-0.3, -0.25) is 4.79 Å². The van der Waals surface area contributed by atoms with Gasteiger partial charge in [-0.15, -0.1) is 21.5 Å². The molecule has 0 saturated heterocycles. The van der Waals surface area contributed by atoms with Crippen molar-refractivity contribution >= 4 is 29.1 Å². The van der Waals surface area contributed by atoms with Crippen LogP contribution in [-0.4, -0.2) is 36.6 Å². The normalized spacial score (nSPS) is 10.9. The predicted molar refractivity (Wildman–Crippen MR) is 115 cm³/mol. The van der Waals surface area contributed by atoms with Crippen molar-refractivity contribution < 1.29 is 23.2 Å². The van der Waals surface area contributed by atoms with Crippen molar-refractivity contribution in [2.24, 2.45) is 0 Å². The fourth-order valence-corrected chi connectivity index (χ4v) is 4.18. The minimum Gasteiger partial charge on any atom is -0.485 e. The summed E-state index contributed by atoms with van der Waals surface area (Å²) >= 11 is 2.83. The van der Waals surface area contributed by atoms with Crippen LogP contribution >= 0.6 is 23.1 Å². The summed E-state index contributed by atoms with van der Waals surface area (Å²) in [5, 5.41) is 14.8. The van der Waals surface area contributed by atoms with Crippen LogP contribution in [0.25, 0.3) is 10.7 Å². The number of carbonyl (C=O) groups is 1. The molecule has 166 valence electrons. The summed E-state index contributed by atoms with van der Waals surface area (Å²) < 4.78 is 30.6. The van der Waals surface area contributed by atoms with E-state index in [0.717, 1.165) is 10.7 Å². The van der Waals surface area contributed by atoms with Gasteiger partial charge in [-0.1, -0.05) is 23.0 Å². The largest absolute Gasteiger partial charge is 0.485 e. The Morgan fingerprint density at radius 1 is 1.22 bits per heavy atom. The number of thiophene rings is 1. The molecule has 3 aromatic heterocycles. The molecule has 1 aromatic carbocycles. The van der Waals surface area contributed by atoms with E-state index in [2.05, 4.69) is 20.3 Å². The fraction of sp³-hybridized carbons (Fsp3) is 0.250. The van der Waals surface area contributed by atoms with Crippen molar-refractivity contribution in [1.82, 2.24) is 24.9 Å². The summed E-state index contributed by atoms with van der Waals surface area (Å²) in [6.45, 7) is 2.57. The molecule has 4 aromatic rings. The van der Waals surface area contributed by atoms with Gasteiger partial charge in [0.25, 0.3) is 5.89 Å². The number of rotatable bonds is 10. The molecular formula is C20H18FN5O4S2. The molecule has 0 N–H and O–H groups in total. The molecule has 0 radical (unpaired) electrons. The zero-order valence-corrected chi connectivity index (χ0v) is 18.6. The van der Waals surface area contributed by atoms with Crippen LogP contribution in [-0.2, 0) is 29.3 Å². The molecule has 0 atom stereocenters. The van der Waals surface area contributed by atoms with Crippen LogP contribution in [0.4, 0.5) is 4.39 Å². The molecule has 0 bridgehead atoms. The van der Waals surface area contributed by atoms with Gasteiger partial charge in [-0.2, -0.15) is 4.98 Å². The average Bonchev–Trinajstić information content (AvgIpc) is 3.56.